The molecule has 0 radical (unpaired) electrons. The van der Waals surface area contributed by atoms with Crippen LogP contribution in [0.15, 0.2) is 122 Å². The van der Waals surface area contributed by atoms with E-state index in [4.69, 9.17) is 4.98 Å². The molecule has 12 nitrogen and oxygen atoms in total. The summed E-state index contributed by atoms with van der Waals surface area (Å²) in [7, 11) is 4.01. The predicted octanol–water partition coefficient (Wildman–Crippen LogP) is 8.25. The van der Waals surface area contributed by atoms with Crippen LogP contribution in [0, 0.1) is 0 Å². The smallest absolute Gasteiger partial charge is 0.405 e. The Hall–Kier alpha value is -6.95. The molecule has 4 heterocycles. The van der Waals surface area contributed by atoms with Gasteiger partial charge in [0.1, 0.15) is 17.7 Å². The van der Waals surface area contributed by atoms with Crippen LogP contribution in [0.4, 0.5) is 10.5 Å². The number of benzene rings is 4. The number of carbonyl (C=O) groups is 3. The Morgan fingerprint density at radius 1 is 0.724 bits per heavy atom. The summed E-state index contributed by atoms with van der Waals surface area (Å²) in [4.78, 5) is 60.6. The van der Waals surface area contributed by atoms with Crippen LogP contribution in [0.3, 0.4) is 0 Å². The summed E-state index contributed by atoms with van der Waals surface area (Å²) in [5, 5.41) is 11.9. The zero-order chi connectivity index (χ0) is 40.2. The first kappa shape index (κ1) is 37.9. The number of H-pyrrole nitrogens is 2. The van der Waals surface area contributed by atoms with Gasteiger partial charge < -0.3 is 35.1 Å². The molecule has 0 aliphatic carbocycles. The van der Waals surface area contributed by atoms with Crippen LogP contribution in [0.5, 0.6) is 0 Å². The minimum atomic E-state index is -1.25. The Morgan fingerprint density at radius 3 is 1.78 bits per heavy atom. The van der Waals surface area contributed by atoms with Crippen molar-refractivity contribution in [2.45, 2.75) is 43.8 Å². The number of carboxylic acid groups (broad SMARTS) is 1. The van der Waals surface area contributed by atoms with E-state index in [0.29, 0.717) is 24.5 Å². The van der Waals surface area contributed by atoms with Gasteiger partial charge in [0.05, 0.1) is 35.9 Å². The molecule has 0 spiro atoms. The molecule has 4 N–H and O–H groups in total. The quantitative estimate of drug-likeness (QED) is 0.0969. The second-order valence-corrected chi connectivity index (χ2v) is 15.0. The number of aromatic amines is 2. The van der Waals surface area contributed by atoms with E-state index < -0.39 is 12.1 Å². The van der Waals surface area contributed by atoms with Gasteiger partial charge >= 0.3 is 6.09 Å². The van der Waals surface area contributed by atoms with Gasteiger partial charge in [0, 0.05) is 38.9 Å². The highest BCUT2D eigenvalue weighted by atomic mass is 16.4. The number of anilines is 1. The van der Waals surface area contributed by atoms with Crippen molar-refractivity contribution in [2.75, 3.05) is 32.1 Å². The molecule has 8 rings (SSSR count). The lowest BCUT2D eigenvalue weighted by atomic mass is 10.0. The van der Waals surface area contributed by atoms with Crippen molar-refractivity contribution >= 4 is 29.7 Å². The number of hydrogen-bond donors (Lipinski definition) is 4. The van der Waals surface area contributed by atoms with Gasteiger partial charge in [0.15, 0.2) is 0 Å². The fraction of sp³-hybridized carbons (Fsp3) is 0.239. The second-order valence-electron chi connectivity index (χ2n) is 15.0. The van der Waals surface area contributed by atoms with E-state index >= 15 is 0 Å². The number of rotatable bonds is 11. The highest BCUT2D eigenvalue weighted by Gasteiger charge is 2.37. The Kier molecular flexibility index (Phi) is 10.9. The third-order valence-corrected chi connectivity index (χ3v) is 11.1. The van der Waals surface area contributed by atoms with Crippen molar-refractivity contribution in [3.05, 3.63) is 144 Å². The first-order chi connectivity index (χ1) is 28.2. The fourth-order valence-corrected chi connectivity index (χ4v) is 7.99. The highest BCUT2D eigenvalue weighted by molar-refractivity contribution is 5.92. The van der Waals surface area contributed by atoms with Crippen molar-refractivity contribution in [2.24, 2.45) is 0 Å². The Labute approximate surface area is 337 Å². The number of imidazole rings is 2. The molecular weight excluding hydrogens is 729 g/mol. The van der Waals surface area contributed by atoms with E-state index in [1.54, 1.807) is 41.4 Å². The van der Waals surface area contributed by atoms with Gasteiger partial charge in [-0.25, -0.2) is 14.8 Å². The molecule has 2 aromatic heterocycles. The number of nitrogens with zero attached hydrogens (tertiary/aromatic N) is 5. The predicted molar refractivity (Wildman–Crippen MR) is 225 cm³/mol. The van der Waals surface area contributed by atoms with Crippen LogP contribution in [-0.2, 0) is 9.59 Å². The molecule has 2 saturated heterocycles. The van der Waals surface area contributed by atoms with Gasteiger partial charge in [-0.15, -0.1) is 0 Å². The summed E-state index contributed by atoms with van der Waals surface area (Å²) in [5.41, 5.74) is 8.53. The largest absolute Gasteiger partial charge is 0.465 e. The number of carbonyl (C=O) groups excluding carboxylic acids is 2. The van der Waals surface area contributed by atoms with Crippen LogP contribution >= 0.6 is 0 Å². The fourth-order valence-electron chi connectivity index (χ4n) is 7.99. The van der Waals surface area contributed by atoms with Crippen molar-refractivity contribution < 1.29 is 19.5 Å². The molecule has 3 amide bonds. The molecule has 4 aromatic carbocycles. The molecule has 3 atom stereocenters. The maximum Gasteiger partial charge on any atom is 0.405 e. The van der Waals surface area contributed by atoms with Crippen molar-refractivity contribution in [1.29, 1.82) is 0 Å². The number of hydrogen-bond acceptors (Lipinski definition) is 6. The standard InChI is InChI=1S/C46H46N8O4/c1-52(2)36-23-12-30(13-24-36)14-25-41(55)53-26-6-10-39(53)43-47-28-37(49-43)33-19-15-31(16-20-33)32-17-21-34(22-18-32)38-29-48-44(50-38)40-11-7-27-54(40)45(56)42(51-46(57)58)35-8-4-3-5-9-35/h3-5,8-9,12-25,28-29,39-40,42,51H,6-7,10-11,26-27H2,1-2H3,(H,47,49)(H,48,50)(H,57,58)/b25-14+/t39-,40-,42+/m0/s1. The van der Waals surface area contributed by atoms with Crippen LogP contribution < -0.4 is 10.2 Å². The van der Waals surface area contributed by atoms with Crippen molar-refractivity contribution in [1.82, 2.24) is 35.1 Å². The highest BCUT2D eigenvalue weighted by Crippen LogP contribution is 2.35. The molecule has 12 heteroatoms. The normalized spacial score (nSPS) is 17.1. The van der Waals surface area contributed by atoms with Gasteiger partial charge in [-0.3, -0.25) is 9.59 Å². The first-order valence-corrected chi connectivity index (χ1v) is 19.6. The van der Waals surface area contributed by atoms with Gasteiger partial charge in [-0.1, -0.05) is 91.0 Å². The number of aromatic nitrogens is 4. The summed E-state index contributed by atoms with van der Waals surface area (Å²) in [6.45, 7) is 1.22. The summed E-state index contributed by atoms with van der Waals surface area (Å²) >= 11 is 0. The SMILES string of the molecule is CN(C)c1ccc(/C=C/C(=O)N2CCC[C@H]2c2ncc(-c3ccc(-c4ccc(-c5cnc([C@@H]6CCCN6C(=O)[C@H](NC(=O)O)c6ccccc6)[nH]5)cc4)cc3)[nH]2)cc1. The summed E-state index contributed by atoms with van der Waals surface area (Å²) in [5.74, 6) is 1.16. The van der Waals surface area contributed by atoms with Crippen molar-refractivity contribution in [3.8, 4) is 33.6 Å². The molecule has 2 aliphatic rings. The van der Waals surface area contributed by atoms with E-state index in [1.165, 1.54) is 0 Å². The van der Waals surface area contributed by atoms with Crippen LogP contribution in [0.1, 0.15) is 66.6 Å². The zero-order valence-corrected chi connectivity index (χ0v) is 32.5. The molecule has 2 fully saturated rings. The number of amides is 3. The van der Waals surface area contributed by atoms with E-state index in [1.807, 2.05) is 78.6 Å². The Bertz CT molecular complexity index is 2400. The average molecular weight is 775 g/mol. The summed E-state index contributed by atoms with van der Waals surface area (Å²) < 4.78 is 0. The molecule has 294 valence electrons. The molecule has 6 aromatic rings. The van der Waals surface area contributed by atoms with Gasteiger partial charge in [-0.2, -0.15) is 0 Å². The van der Waals surface area contributed by atoms with Crippen LogP contribution in [0.2, 0.25) is 0 Å². The van der Waals surface area contributed by atoms with Crippen LogP contribution in [0.25, 0.3) is 39.7 Å². The van der Waals surface area contributed by atoms with Gasteiger partial charge in [0.2, 0.25) is 5.91 Å². The molecule has 58 heavy (non-hydrogen) atoms. The van der Waals surface area contributed by atoms with Gasteiger partial charge in [-0.05, 0) is 77.3 Å². The Balaban J connectivity index is 0.905. The number of likely N-dealkylation sites (tertiary alicyclic amines) is 2. The first-order valence-electron chi connectivity index (χ1n) is 19.6. The third kappa shape index (κ3) is 8.13. The monoisotopic (exact) mass is 774 g/mol. The second kappa shape index (κ2) is 16.6. The van der Waals surface area contributed by atoms with E-state index in [0.717, 1.165) is 76.4 Å². The van der Waals surface area contributed by atoms with Crippen LogP contribution in [-0.4, -0.2) is 79.9 Å². The molecule has 2 aliphatic heterocycles. The molecule has 0 unspecified atom stereocenters. The van der Waals surface area contributed by atoms with E-state index in [9.17, 15) is 19.5 Å². The van der Waals surface area contributed by atoms with E-state index in [2.05, 4.69) is 56.7 Å². The molecule has 0 saturated carbocycles. The lowest BCUT2D eigenvalue weighted by Crippen LogP contribution is -2.42. The maximum absolute atomic E-state index is 13.7. The van der Waals surface area contributed by atoms with E-state index in [-0.39, 0.29) is 23.9 Å². The summed E-state index contributed by atoms with van der Waals surface area (Å²) in [6.07, 6.45) is 9.21. The maximum atomic E-state index is 13.7. The topological polar surface area (TPSA) is 151 Å². The molecular formula is C46H46N8O4. The number of nitrogens with one attached hydrogen (secondary N) is 3. The average Bonchev–Trinajstić information content (AvgIpc) is 4.10. The van der Waals surface area contributed by atoms with Gasteiger partial charge in [0.25, 0.3) is 5.91 Å². The lowest BCUT2D eigenvalue weighted by Gasteiger charge is -2.28. The zero-order valence-electron chi connectivity index (χ0n) is 32.5. The Morgan fingerprint density at radius 2 is 1.24 bits per heavy atom. The minimum Gasteiger partial charge on any atom is -0.465 e. The lowest BCUT2D eigenvalue weighted by molar-refractivity contribution is -0.134. The summed E-state index contributed by atoms with van der Waals surface area (Å²) in [6, 6.07) is 32.2. The third-order valence-electron chi connectivity index (χ3n) is 11.1. The van der Waals surface area contributed by atoms with Crippen molar-refractivity contribution in [3.63, 3.8) is 0 Å². The molecule has 0 bridgehead atoms. The minimum absolute atomic E-state index is 0.0163.